The first-order valence-electron chi connectivity index (χ1n) is 4.50. The van der Waals surface area contributed by atoms with E-state index in [1.54, 1.807) is 0 Å². The van der Waals surface area contributed by atoms with Gasteiger partial charge in [0.25, 0.3) is 10.2 Å². The van der Waals surface area contributed by atoms with Crippen LogP contribution in [0, 0.1) is 0 Å². The van der Waals surface area contributed by atoms with Crippen LogP contribution in [0.5, 0.6) is 0 Å². The lowest BCUT2D eigenvalue weighted by atomic mass is 10.5. The van der Waals surface area contributed by atoms with Crippen molar-refractivity contribution in [3.8, 4) is 0 Å². The number of thiophene rings is 1. The van der Waals surface area contributed by atoms with E-state index in [1.165, 1.54) is 18.4 Å². The monoisotopic (exact) mass is 328 g/mol. The van der Waals surface area contributed by atoms with Crippen molar-refractivity contribution in [1.29, 1.82) is 0 Å². The van der Waals surface area contributed by atoms with Gasteiger partial charge in [-0.1, -0.05) is 0 Å². The predicted octanol–water partition coefficient (Wildman–Crippen LogP) is 1.08. The molecule has 0 bridgehead atoms. The van der Waals surface area contributed by atoms with E-state index >= 15 is 0 Å². The van der Waals surface area contributed by atoms with E-state index in [0.29, 0.717) is 6.61 Å². The molecule has 1 rings (SSSR count). The van der Waals surface area contributed by atoms with E-state index in [2.05, 4.69) is 25.4 Å². The summed E-state index contributed by atoms with van der Waals surface area (Å²) >= 11 is 4.83. The van der Waals surface area contributed by atoms with Crippen LogP contribution < -0.4 is 9.44 Å². The summed E-state index contributed by atoms with van der Waals surface area (Å²) < 4.78 is 33.3. The summed E-state index contributed by atoms with van der Waals surface area (Å²) in [4.78, 5) is 0.942. The zero-order valence-corrected chi connectivity index (χ0v) is 11.9. The molecule has 0 saturated carbocycles. The summed E-state index contributed by atoms with van der Waals surface area (Å²) in [5.74, 6) is 0. The van der Waals surface area contributed by atoms with Crippen LogP contribution in [0.25, 0.3) is 0 Å². The second-order valence-electron chi connectivity index (χ2n) is 2.90. The number of hydrogen-bond acceptors (Lipinski definition) is 4. The molecule has 0 aromatic carbocycles. The summed E-state index contributed by atoms with van der Waals surface area (Å²) in [7, 11) is -1.92. The van der Waals surface area contributed by atoms with Crippen LogP contribution in [0.2, 0.25) is 0 Å². The Kier molecular flexibility index (Phi) is 5.87. The third-order valence-electron chi connectivity index (χ3n) is 1.71. The lowest BCUT2D eigenvalue weighted by Crippen LogP contribution is -2.37. The molecule has 0 aliphatic carbocycles. The van der Waals surface area contributed by atoms with Gasteiger partial charge in [0.1, 0.15) is 0 Å². The SMILES string of the molecule is COCCNS(=O)(=O)NCc1sccc1Br. The number of methoxy groups -OCH3 is 1. The maximum absolute atomic E-state index is 11.4. The highest BCUT2D eigenvalue weighted by atomic mass is 79.9. The molecule has 0 unspecified atom stereocenters. The molecule has 1 heterocycles. The molecule has 2 N–H and O–H groups in total. The summed E-state index contributed by atoms with van der Waals surface area (Å²) in [6.07, 6.45) is 0. The van der Waals surface area contributed by atoms with Crippen molar-refractivity contribution in [3.63, 3.8) is 0 Å². The molecule has 8 heteroatoms. The summed E-state index contributed by atoms with van der Waals surface area (Å²) in [5, 5.41) is 1.89. The van der Waals surface area contributed by atoms with Gasteiger partial charge >= 0.3 is 0 Å². The Balaban J connectivity index is 2.39. The maximum Gasteiger partial charge on any atom is 0.277 e. The summed E-state index contributed by atoms with van der Waals surface area (Å²) in [6, 6.07) is 1.88. The van der Waals surface area contributed by atoms with E-state index in [-0.39, 0.29) is 13.1 Å². The Morgan fingerprint density at radius 1 is 1.50 bits per heavy atom. The molecule has 0 aliphatic heterocycles. The smallest absolute Gasteiger partial charge is 0.277 e. The molecule has 1 aromatic heterocycles. The Labute approximate surface area is 108 Å². The van der Waals surface area contributed by atoms with Crippen LogP contribution >= 0.6 is 27.3 Å². The van der Waals surface area contributed by atoms with Crippen molar-refractivity contribution >= 4 is 37.5 Å². The fourth-order valence-corrected chi connectivity index (χ4v) is 3.25. The average Bonchev–Trinajstić information content (AvgIpc) is 2.62. The molecule has 0 fully saturated rings. The van der Waals surface area contributed by atoms with Gasteiger partial charge in [-0.15, -0.1) is 11.3 Å². The number of rotatable bonds is 7. The minimum absolute atomic E-state index is 0.261. The van der Waals surface area contributed by atoms with E-state index in [9.17, 15) is 8.42 Å². The molecule has 92 valence electrons. The summed E-state index contributed by atoms with van der Waals surface area (Å²) in [6.45, 7) is 0.890. The Hall–Kier alpha value is 0.01000. The minimum atomic E-state index is -3.44. The lowest BCUT2D eigenvalue weighted by Gasteiger charge is -2.07. The third kappa shape index (κ3) is 4.89. The molecule has 5 nitrogen and oxygen atoms in total. The largest absolute Gasteiger partial charge is 0.383 e. The molecular formula is C8H13BrN2O3S2. The quantitative estimate of drug-likeness (QED) is 0.736. The molecule has 0 aliphatic rings. The number of halogens is 1. The normalized spacial score (nSPS) is 11.9. The van der Waals surface area contributed by atoms with Gasteiger partial charge in [-0.05, 0) is 27.4 Å². The second kappa shape index (κ2) is 6.67. The maximum atomic E-state index is 11.4. The van der Waals surface area contributed by atoms with Crippen molar-refractivity contribution < 1.29 is 13.2 Å². The fourth-order valence-electron chi connectivity index (χ4n) is 0.941. The molecule has 16 heavy (non-hydrogen) atoms. The third-order valence-corrected chi connectivity index (χ3v) is 4.75. The zero-order valence-electron chi connectivity index (χ0n) is 8.70. The highest BCUT2D eigenvalue weighted by molar-refractivity contribution is 9.10. The van der Waals surface area contributed by atoms with Gasteiger partial charge in [-0.3, -0.25) is 0 Å². The fraction of sp³-hybridized carbons (Fsp3) is 0.500. The second-order valence-corrected chi connectivity index (χ2v) is 6.34. The van der Waals surface area contributed by atoms with E-state index in [1.807, 2.05) is 11.4 Å². The van der Waals surface area contributed by atoms with Crippen LogP contribution in [-0.4, -0.2) is 28.7 Å². The first kappa shape index (κ1) is 14.1. The van der Waals surface area contributed by atoms with Crippen molar-refractivity contribution in [2.75, 3.05) is 20.3 Å². The van der Waals surface area contributed by atoms with Crippen molar-refractivity contribution in [1.82, 2.24) is 9.44 Å². The van der Waals surface area contributed by atoms with E-state index < -0.39 is 10.2 Å². The van der Waals surface area contributed by atoms with Gasteiger partial charge in [0.2, 0.25) is 0 Å². The number of ether oxygens (including phenoxy) is 1. The molecule has 0 radical (unpaired) electrons. The highest BCUT2D eigenvalue weighted by Crippen LogP contribution is 2.22. The molecular weight excluding hydrogens is 316 g/mol. The summed E-state index contributed by atoms with van der Waals surface area (Å²) in [5.41, 5.74) is 0. The van der Waals surface area contributed by atoms with Crippen molar-refractivity contribution in [2.24, 2.45) is 0 Å². The van der Waals surface area contributed by atoms with E-state index in [4.69, 9.17) is 4.74 Å². The standard InChI is InChI=1S/C8H13BrN2O3S2/c1-14-4-3-10-16(12,13)11-6-8-7(9)2-5-15-8/h2,5,10-11H,3-4,6H2,1H3. The lowest BCUT2D eigenvalue weighted by molar-refractivity contribution is 0.204. The molecule has 1 aromatic rings. The minimum Gasteiger partial charge on any atom is -0.383 e. The van der Waals surface area contributed by atoms with Gasteiger partial charge in [0.05, 0.1) is 6.61 Å². The number of hydrogen-bond donors (Lipinski definition) is 2. The van der Waals surface area contributed by atoms with Crippen LogP contribution in [0.4, 0.5) is 0 Å². The molecule has 0 amide bonds. The topological polar surface area (TPSA) is 67.4 Å². The van der Waals surface area contributed by atoms with Gasteiger partial charge in [-0.2, -0.15) is 17.9 Å². The van der Waals surface area contributed by atoms with Crippen LogP contribution in [-0.2, 0) is 21.5 Å². The van der Waals surface area contributed by atoms with Gasteiger partial charge in [-0.25, -0.2) is 0 Å². The van der Waals surface area contributed by atoms with Gasteiger partial charge < -0.3 is 4.74 Å². The first-order chi connectivity index (χ1) is 7.55. The van der Waals surface area contributed by atoms with Crippen LogP contribution in [0.15, 0.2) is 15.9 Å². The highest BCUT2D eigenvalue weighted by Gasteiger charge is 2.10. The van der Waals surface area contributed by atoms with Crippen LogP contribution in [0.1, 0.15) is 4.88 Å². The Morgan fingerprint density at radius 3 is 2.81 bits per heavy atom. The number of nitrogens with one attached hydrogen (secondary N) is 2. The molecule has 0 saturated heterocycles. The van der Waals surface area contributed by atoms with Gasteiger partial charge in [0.15, 0.2) is 0 Å². The Morgan fingerprint density at radius 2 is 2.25 bits per heavy atom. The molecule has 0 atom stereocenters. The van der Waals surface area contributed by atoms with E-state index in [0.717, 1.165) is 9.35 Å². The predicted molar refractivity (Wildman–Crippen MR) is 67.7 cm³/mol. The molecule has 0 spiro atoms. The van der Waals surface area contributed by atoms with Crippen LogP contribution in [0.3, 0.4) is 0 Å². The average molecular weight is 329 g/mol. The Bertz CT molecular complexity index is 419. The van der Waals surface area contributed by atoms with Crippen molar-refractivity contribution in [2.45, 2.75) is 6.54 Å². The zero-order chi connectivity index (χ0) is 12.0. The first-order valence-corrected chi connectivity index (χ1v) is 7.66. The van der Waals surface area contributed by atoms with Crippen molar-refractivity contribution in [3.05, 3.63) is 20.8 Å². The van der Waals surface area contributed by atoms with Gasteiger partial charge in [0, 0.05) is 29.5 Å².